The fourth-order valence-corrected chi connectivity index (χ4v) is 5.38. The van der Waals surface area contributed by atoms with Crippen molar-refractivity contribution >= 4 is 17.8 Å². The first-order valence-corrected chi connectivity index (χ1v) is 18.7. The van der Waals surface area contributed by atoms with Crippen molar-refractivity contribution in [1.29, 1.82) is 0 Å². The van der Waals surface area contributed by atoms with Gasteiger partial charge in [-0.3, -0.25) is 9.59 Å². The highest BCUT2D eigenvalue weighted by Crippen LogP contribution is 2.15. The fraction of sp³-hybridized carbons (Fsp3) is 0.816. The van der Waals surface area contributed by atoms with Crippen molar-refractivity contribution in [2.75, 3.05) is 6.54 Å². The van der Waals surface area contributed by atoms with E-state index >= 15 is 0 Å². The molecule has 1 amide bonds. The maximum Gasteiger partial charge on any atom is 0.326 e. The molecule has 0 spiro atoms. The molecule has 262 valence electrons. The molecular formula is C38H70N2O5. The van der Waals surface area contributed by atoms with E-state index in [1.54, 1.807) is 0 Å². The number of aliphatic carboxylic acids is 1. The first kappa shape index (κ1) is 42.9. The van der Waals surface area contributed by atoms with Crippen molar-refractivity contribution in [2.45, 2.75) is 193 Å². The quantitative estimate of drug-likeness (QED) is 0.0376. The normalized spacial score (nSPS) is 13.0. The van der Waals surface area contributed by atoms with E-state index in [9.17, 15) is 19.5 Å². The third-order valence-corrected chi connectivity index (χ3v) is 8.25. The number of carbonyl (C=O) groups excluding carboxylic acids is 2. The summed E-state index contributed by atoms with van der Waals surface area (Å²) in [4.78, 5) is 36.1. The summed E-state index contributed by atoms with van der Waals surface area (Å²) in [6, 6.07) is -0.871. The van der Waals surface area contributed by atoms with Crippen LogP contribution in [0.5, 0.6) is 0 Å². The number of amides is 1. The summed E-state index contributed by atoms with van der Waals surface area (Å²) < 4.78 is 5.87. The lowest BCUT2D eigenvalue weighted by molar-refractivity contribution is -0.147. The summed E-state index contributed by atoms with van der Waals surface area (Å²) >= 11 is 0. The van der Waals surface area contributed by atoms with Gasteiger partial charge in [0.25, 0.3) is 0 Å². The first-order valence-electron chi connectivity index (χ1n) is 18.7. The third kappa shape index (κ3) is 30.3. The molecule has 45 heavy (non-hydrogen) atoms. The maximum absolute atomic E-state index is 12.6. The van der Waals surface area contributed by atoms with Gasteiger partial charge in [0.2, 0.25) is 5.91 Å². The molecule has 0 fully saturated rings. The molecule has 7 heteroatoms. The number of esters is 1. The van der Waals surface area contributed by atoms with Gasteiger partial charge in [-0.1, -0.05) is 135 Å². The Labute approximate surface area is 276 Å². The van der Waals surface area contributed by atoms with Gasteiger partial charge in [0, 0.05) is 12.8 Å². The number of hydrogen-bond acceptors (Lipinski definition) is 5. The minimum absolute atomic E-state index is 0.106. The number of ether oxygens (including phenoxy) is 1. The van der Waals surface area contributed by atoms with E-state index in [1.165, 1.54) is 83.5 Å². The minimum atomic E-state index is -1.02. The lowest BCUT2D eigenvalue weighted by atomic mass is 10.0. The van der Waals surface area contributed by atoms with Gasteiger partial charge in [0.05, 0.1) is 0 Å². The molecule has 0 aliphatic carbocycles. The molecule has 2 atom stereocenters. The van der Waals surface area contributed by atoms with Gasteiger partial charge in [-0.25, -0.2) is 4.79 Å². The number of rotatable bonds is 33. The molecular weight excluding hydrogens is 564 g/mol. The average molecular weight is 635 g/mol. The zero-order chi connectivity index (χ0) is 33.2. The molecule has 0 aromatic heterocycles. The second-order valence-corrected chi connectivity index (χ2v) is 12.6. The van der Waals surface area contributed by atoms with Crippen LogP contribution in [0.3, 0.4) is 0 Å². The number of carboxylic acids is 1. The Kier molecular flexibility index (Phi) is 31.6. The predicted octanol–water partition coefficient (Wildman–Crippen LogP) is 9.72. The van der Waals surface area contributed by atoms with Crippen LogP contribution in [-0.2, 0) is 19.1 Å². The van der Waals surface area contributed by atoms with E-state index < -0.39 is 12.0 Å². The zero-order valence-corrected chi connectivity index (χ0v) is 29.2. The van der Waals surface area contributed by atoms with Crippen LogP contribution < -0.4 is 11.1 Å². The van der Waals surface area contributed by atoms with Crippen molar-refractivity contribution in [3.05, 3.63) is 24.3 Å². The van der Waals surface area contributed by atoms with Crippen LogP contribution in [0, 0.1) is 0 Å². The average Bonchev–Trinajstić information content (AvgIpc) is 3.02. The zero-order valence-electron chi connectivity index (χ0n) is 29.2. The molecule has 7 nitrogen and oxygen atoms in total. The molecule has 0 saturated carbocycles. The van der Waals surface area contributed by atoms with Crippen molar-refractivity contribution in [1.82, 2.24) is 5.32 Å². The van der Waals surface area contributed by atoms with E-state index in [-0.39, 0.29) is 18.0 Å². The van der Waals surface area contributed by atoms with Crippen LogP contribution in [-0.4, -0.2) is 41.6 Å². The third-order valence-electron chi connectivity index (χ3n) is 8.25. The van der Waals surface area contributed by atoms with Crippen LogP contribution in [0.15, 0.2) is 24.3 Å². The summed E-state index contributed by atoms with van der Waals surface area (Å²) in [6.45, 7) is 4.86. The number of carboxylic acid groups (broad SMARTS) is 1. The topological polar surface area (TPSA) is 119 Å². The van der Waals surface area contributed by atoms with Crippen LogP contribution in [0.25, 0.3) is 0 Å². The lowest BCUT2D eigenvalue weighted by Crippen LogP contribution is -2.40. The highest BCUT2D eigenvalue weighted by atomic mass is 16.5. The Hall–Kier alpha value is -2.15. The van der Waals surface area contributed by atoms with Gasteiger partial charge >= 0.3 is 11.9 Å². The van der Waals surface area contributed by atoms with Crippen LogP contribution in [0.2, 0.25) is 0 Å². The molecule has 0 heterocycles. The molecule has 0 aromatic carbocycles. The standard InChI is InChI=1S/C38H70N2O5/c1-3-5-7-9-11-12-13-14-15-16-18-20-26-32-37(42)45-34(28-23-19-17-10-8-6-4-2)29-24-21-22-25-31-36(41)40-35(38(43)44)30-27-33-39/h10,17,23,28,34-35H,3-9,11-16,18-22,24-27,29-33,39H2,1-2H3,(H,40,41)(H,43,44)/b17-10-,28-23-. The molecule has 0 aliphatic rings. The molecule has 0 radical (unpaired) electrons. The Balaban J connectivity index is 4.30. The van der Waals surface area contributed by atoms with Gasteiger partial charge in [-0.05, 0) is 64.0 Å². The van der Waals surface area contributed by atoms with Crippen LogP contribution in [0.1, 0.15) is 181 Å². The number of allylic oxidation sites excluding steroid dienone is 3. The van der Waals surface area contributed by atoms with Gasteiger partial charge in [0.1, 0.15) is 12.1 Å². The van der Waals surface area contributed by atoms with Crippen molar-refractivity contribution in [3.63, 3.8) is 0 Å². The molecule has 0 rings (SSSR count). The summed E-state index contributed by atoms with van der Waals surface area (Å²) in [6.07, 6.45) is 35.2. The predicted molar refractivity (Wildman–Crippen MR) is 188 cm³/mol. The van der Waals surface area contributed by atoms with E-state index in [4.69, 9.17) is 10.5 Å². The monoisotopic (exact) mass is 635 g/mol. The number of carbonyl (C=O) groups is 3. The summed E-state index contributed by atoms with van der Waals surface area (Å²) in [5.74, 6) is -1.35. The van der Waals surface area contributed by atoms with Crippen LogP contribution >= 0.6 is 0 Å². The molecule has 2 unspecified atom stereocenters. The van der Waals surface area contributed by atoms with E-state index in [2.05, 4.69) is 37.4 Å². The smallest absolute Gasteiger partial charge is 0.326 e. The Morgan fingerprint density at radius 2 is 1.22 bits per heavy atom. The van der Waals surface area contributed by atoms with Crippen molar-refractivity contribution in [2.24, 2.45) is 5.73 Å². The maximum atomic E-state index is 12.6. The second-order valence-electron chi connectivity index (χ2n) is 12.6. The Bertz CT molecular complexity index is 767. The van der Waals surface area contributed by atoms with Gasteiger partial charge in [0.15, 0.2) is 0 Å². The van der Waals surface area contributed by atoms with Gasteiger partial charge < -0.3 is 20.9 Å². The second kappa shape index (κ2) is 33.2. The first-order chi connectivity index (χ1) is 21.9. The lowest BCUT2D eigenvalue weighted by Gasteiger charge is -2.15. The summed E-state index contributed by atoms with van der Waals surface area (Å²) in [5, 5.41) is 11.9. The van der Waals surface area contributed by atoms with E-state index in [0.29, 0.717) is 38.6 Å². The van der Waals surface area contributed by atoms with E-state index in [0.717, 1.165) is 51.4 Å². The van der Waals surface area contributed by atoms with Gasteiger partial charge in [-0.2, -0.15) is 0 Å². The van der Waals surface area contributed by atoms with E-state index in [1.807, 2.05) is 6.08 Å². The minimum Gasteiger partial charge on any atom is -0.480 e. The van der Waals surface area contributed by atoms with Crippen molar-refractivity contribution < 1.29 is 24.2 Å². The fourth-order valence-electron chi connectivity index (χ4n) is 5.38. The largest absolute Gasteiger partial charge is 0.480 e. The number of nitrogens with one attached hydrogen (secondary N) is 1. The highest BCUT2D eigenvalue weighted by Gasteiger charge is 2.19. The van der Waals surface area contributed by atoms with Crippen molar-refractivity contribution in [3.8, 4) is 0 Å². The molecule has 0 aromatic rings. The molecule has 4 N–H and O–H groups in total. The Morgan fingerprint density at radius 1 is 0.667 bits per heavy atom. The molecule has 0 aliphatic heterocycles. The highest BCUT2D eigenvalue weighted by molar-refractivity contribution is 5.83. The summed E-state index contributed by atoms with van der Waals surface area (Å²) in [5.41, 5.74) is 5.46. The number of nitrogens with two attached hydrogens (primary N) is 1. The molecule has 0 bridgehead atoms. The number of unbranched alkanes of at least 4 members (excludes halogenated alkanes) is 17. The SMILES string of the molecule is CCCC/C=C\C/C=C\C(CCCCCCC(=O)NC(CCCN)C(=O)O)OC(=O)CCCCCCCCCCCCCCC. The van der Waals surface area contributed by atoms with Gasteiger partial charge in [-0.15, -0.1) is 0 Å². The molecule has 0 saturated heterocycles. The van der Waals surface area contributed by atoms with Crippen LogP contribution in [0.4, 0.5) is 0 Å². The Morgan fingerprint density at radius 3 is 1.80 bits per heavy atom. The number of hydrogen-bond donors (Lipinski definition) is 3. The summed E-state index contributed by atoms with van der Waals surface area (Å²) in [7, 11) is 0.